The SMILES string of the molecule is CCC(C)NC(CN)C(c1ccccc1)c1ccccc1. The molecular weight excluding hydrogens is 256 g/mol. The van der Waals surface area contributed by atoms with Crippen molar-refractivity contribution in [2.45, 2.75) is 38.3 Å². The Morgan fingerprint density at radius 1 is 0.905 bits per heavy atom. The third-order valence-corrected chi connectivity index (χ3v) is 4.08. The number of nitrogens with two attached hydrogens (primary N) is 1. The van der Waals surface area contributed by atoms with Gasteiger partial charge in [-0.1, -0.05) is 67.6 Å². The molecule has 2 aromatic carbocycles. The maximum atomic E-state index is 6.09. The minimum atomic E-state index is 0.241. The third-order valence-electron chi connectivity index (χ3n) is 4.08. The van der Waals surface area contributed by atoms with Gasteiger partial charge in [-0.3, -0.25) is 0 Å². The van der Waals surface area contributed by atoms with Gasteiger partial charge in [0.15, 0.2) is 0 Å². The minimum Gasteiger partial charge on any atom is -0.329 e. The summed E-state index contributed by atoms with van der Waals surface area (Å²) in [7, 11) is 0. The van der Waals surface area contributed by atoms with Crippen LogP contribution in [0.15, 0.2) is 60.7 Å². The fraction of sp³-hybridized carbons (Fsp3) is 0.368. The monoisotopic (exact) mass is 282 g/mol. The standard InChI is InChI=1S/C19H26N2/c1-3-15(2)21-18(14-20)19(16-10-6-4-7-11-16)17-12-8-5-9-13-17/h4-13,15,18-19,21H,3,14,20H2,1-2H3. The van der Waals surface area contributed by atoms with Gasteiger partial charge in [-0.25, -0.2) is 0 Å². The van der Waals surface area contributed by atoms with Crippen LogP contribution in [0.5, 0.6) is 0 Å². The van der Waals surface area contributed by atoms with Crippen LogP contribution >= 0.6 is 0 Å². The smallest absolute Gasteiger partial charge is 0.0302 e. The summed E-state index contributed by atoms with van der Waals surface area (Å²) in [6, 6.07) is 22.0. The van der Waals surface area contributed by atoms with Gasteiger partial charge in [0.05, 0.1) is 0 Å². The van der Waals surface area contributed by atoms with Crippen molar-refractivity contribution in [1.29, 1.82) is 0 Å². The van der Waals surface area contributed by atoms with Crippen molar-refractivity contribution < 1.29 is 0 Å². The van der Waals surface area contributed by atoms with Crippen molar-refractivity contribution in [3.63, 3.8) is 0 Å². The van der Waals surface area contributed by atoms with E-state index in [-0.39, 0.29) is 12.0 Å². The molecule has 0 bridgehead atoms. The summed E-state index contributed by atoms with van der Waals surface area (Å²) in [4.78, 5) is 0. The zero-order chi connectivity index (χ0) is 15.1. The Balaban J connectivity index is 2.35. The lowest BCUT2D eigenvalue weighted by atomic mass is 9.84. The molecule has 2 atom stereocenters. The summed E-state index contributed by atoms with van der Waals surface area (Å²) >= 11 is 0. The highest BCUT2D eigenvalue weighted by Crippen LogP contribution is 2.28. The molecule has 2 heteroatoms. The Kier molecular flexibility index (Phi) is 5.97. The lowest BCUT2D eigenvalue weighted by molar-refractivity contribution is 0.410. The van der Waals surface area contributed by atoms with Crippen LogP contribution in [0, 0.1) is 0 Å². The molecule has 0 aromatic heterocycles. The number of hydrogen-bond acceptors (Lipinski definition) is 2. The fourth-order valence-corrected chi connectivity index (χ4v) is 2.76. The molecule has 0 saturated carbocycles. The predicted octanol–water partition coefficient (Wildman–Crippen LogP) is 3.53. The highest BCUT2D eigenvalue weighted by molar-refractivity contribution is 5.34. The van der Waals surface area contributed by atoms with E-state index in [0.717, 1.165) is 6.42 Å². The molecule has 0 radical (unpaired) electrons. The average Bonchev–Trinajstić information content (AvgIpc) is 2.56. The second-order valence-electron chi connectivity index (χ2n) is 5.62. The van der Waals surface area contributed by atoms with E-state index in [2.05, 4.69) is 79.8 Å². The van der Waals surface area contributed by atoms with Crippen LogP contribution < -0.4 is 11.1 Å². The first-order valence-electron chi connectivity index (χ1n) is 7.82. The Labute approximate surface area is 128 Å². The van der Waals surface area contributed by atoms with Crippen LogP contribution in [0.3, 0.4) is 0 Å². The van der Waals surface area contributed by atoms with Gasteiger partial charge in [-0.15, -0.1) is 0 Å². The molecule has 2 nitrogen and oxygen atoms in total. The molecule has 0 amide bonds. The first-order valence-corrected chi connectivity index (χ1v) is 7.82. The second-order valence-corrected chi connectivity index (χ2v) is 5.62. The molecule has 0 spiro atoms. The van der Waals surface area contributed by atoms with Gasteiger partial charge in [0.1, 0.15) is 0 Å². The Bertz CT molecular complexity index is 470. The lowest BCUT2D eigenvalue weighted by Gasteiger charge is -2.30. The zero-order valence-electron chi connectivity index (χ0n) is 13.0. The van der Waals surface area contributed by atoms with Crippen LogP contribution in [0.25, 0.3) is 0 Å². The van der Waals surface area contributed by atoms with Gasteiger partial charge in [0.25, 0.3) is 0 Å². The van der Waals surface area contributed by atoms with Crippen molar-refractivity contribution >= 4 is 0 Å². The minimum absolute atomic E-state index is 0.241. The maximum Gasteiger partial charge on any atom is 0.0302 e. The summed E-state index contributed by atoms with van der Waals surface area (Å²) in [6.45, 7) is 5.04. The largest absolute Gasteiger partial charge is 0.329 e. The first-order chi connectivity index (χ1) is 10.3. The van der Waals surface area contributed by atoms with E-state index in [4.69, 9.17) is 5.73 Å². The van der Waals surface area contributed by atoms with Crippen LogP contribution in [0.2, 0.25) is 0 Å². The van der Waals surface area contributed by atoms with Gasteiger partial charge >= 0.3 is 0 Å². The van der Waals surface area contributed by atoms with E-state index in [1.54, 1.807) is 0 Å². The molecule has 0 aliphatic heterocycles. The van der Waals surface area contributed by atoms with Crippen LogP contribution in [0.4, 0.5) is 0 Å². The van der Waals surface area contributed by atoms with E-state index < -0.39 is 0 Å². The average molecular weight is 282 g/mol. The molecule has 3 N–H and O–H groups in total. The van der Waals surface area contributed by atoms with E-state index in [9.17, 15) is 0 Å². The molecule has 0 aliphatic carbocycles. The number of rotatable bonds is 7. The lowest BCUT2D eigenvalue weighted by Crippen LogP contribution is -2.45. The summed E-state index contributed by atoms with van der Waals surface area (Å²) in [5.74, 6) is 0.284. The van der Waals surface area contributed by atoms with Gasteiger partial charge < -0.3 is 11.1 Å². The summed E-state index contributed by atoms with van der Waals surface area (Å²) in [5.41, 5.74) is 8.72. The van der Waals surface area contributed by atoms with E-state index in [0.29, 0.717) is 12.6 Å². The maximum absolute atomic E-state index is 6.09. The summed E-state index contributed by atoms with van der Waals surface area (Å²) < 4.78 is 0. The van der Waals surface area contributed by atoms with E-state index in [1.807, 2.05) is 0 Å². The highest BCUT2D eigenvalue weighted by Gasteiger charge is 2.24. The molecule has 112 valence electrons. The van der Waals surface area contributed by atoms with E-state index in [1.165, 1.54) is 11.1 Å². The van der Waals surface area contributed by atoms with Crippen molar-refractivity contribution in [2.24, 2.45) is 5.73 Å². The zero-order valence-corrected chi connectivity index (χ0v) is 13.0. The normalized spacial score (nSPS) is 14.1. The molecule has 2 aromatic rings. The molecule has 0 saturated heterocycles. The molecule has 0 fully saturated rings. The van der Waals surface area contributed by atoms with Gasteiger partial charge in [-0.2, -0.15) is 0 Å². The molecule has 0 heterocycles. The van der Waals surface area contributed by atoms with Crippen molar-refractivity contribution in [3.8, 4) is 0 Å². The van der Waals surface area contributed by atoms with Gasteiger partial charge in [0.2, 0.25) is 0 Å². The Hall–Kier alpha value is -1.64. The topological polar surface area (TPSA) is 38.0 Å². The quantitative estimate of drug-likeness (QED) is 0.815. The number of benzene rings is 2. The molecular formula is C19H26N2. The molecule has 0 aliphatic rings. The Morgan fingerprint density at radius 2 is 1.38 bits per heavy atom. The van der Waals surface area contributed by atoms with Crippen LogP contribution in [-0.2, 0) is 0 Å². The number of hydrogen-bond donors (Lipinski definition) is 2. The molecule has 21 heavy (non-hydrogen) atoms. The fourth-order valence-electron chi connectivity index (χ4n) is 2.76. The number of nitrogens with one attached hydrogen (secondary N) is 1. The van der Waals surface area contributed by atoms with Crippen LogP contribution in [0.1, 0.15) is 37.3 Å². The second kappa shape index (κ2) is 7.96. The predicted molar refractivity (Wildman–Crippen MR) is 90.5 cm³/mol. The van der Waals surface area contributed by atoms with E-state index >= 15 is 0 Å². The van der Waals surface area contributed by atoms with Gasteiger partial charge in [0, 0.05) is 24.5 Å². The van der Waals surface area contributed by atoms with Gasteiger partial charge in [-0.05, 0) is 24.5 Å². The van der Waals surface area contributed by atoms with Crippen molar-refractivity contribution in [3.05, 3.63) is 71.8 Å². The highest BCUT2D eigenvalue weighted by atomic mass is 15.0. The third kappa shape index (κ3) is 4.16. The summed E-state index contributed by atoms with van der Waals surface area (Å²) in [6.07, 6.45) is 1.10. The van der Waals surface area contributed by atoms with Crippen molar-refractivity contribution in [1.82, 2.24) is 5.32 Å². The summed E-state index contributed by atoms with van der Waals surface area (Å²) in [5, 5.41) is 3.69. The molecule has 2 rings (SSSR count). The molecule has 2 unspecified atom stereocenters. The van der Waals surface area contributed by atoms with Crippen LogP contribution in [-0.4, -0.2) is 18.6 Å². The first kappa shape index (κ1) is 15.7. The Morgan fingerprint density at radius 3 is 1.76 bits per heavy atom. The van der Waals surface area contributed by atoms with Crippen molar-refractivity contribution in [2.75, 3.05) is 6.54 Å².